The van der Waals surface area contributed by atoms with Gasteiger partial charge in [-0.25, -0.2) is 4.39 Å². The first-order chi connectivity index (χ1) is 13.1. The van der Waals surface area contributed by atoms with Gasteiger partial charge in [0.2, 0.25) is 5.91 Å². The Labute approximate surface area is 159 Å². The maximum absolute atomic E-state index is 13.5. The Morgan fingerprint density at radius 2 is 1.81 bits per heavy atom. The molecule has 6 heteroatoms. The molecule has 0 aromatic heterocycles. The molecule has 0 saturated carbocycles. The number of carbonyl (C=O) groups excluding carboxylic acids is 1. The van der Waals surface area contributed by atoms with E-state index >= 15 is 0 Å². The molecule has 1 saturated heterocycles. The van der Waals surface area contributed by atoms with E-state index in [-0.39, 0.29) is 17.6 Å². The zero-order chi connectivity index (χ0) is 19.2. The fourth-order valence-corrected chi connectivity index (χ4v) is 3.45. The molecular formula is C21H25FN2O3. The van der Waals surface area contributed by atoms with Crippen LogP contribution in [0.3, 0.4) is 0 Å². The highest BCUT2D eigenvalue weighted by molar-refractivity contribution is 5.94. The van der Waals surface area contributed by atoms with E-state index in [1.807, 2.05) is 24.3 Å². The Morgan fingerprint density at radius 3 is 2.52 bits per heavy atom. The van der Waals surface area contributed by atoms with Crippen LogP contribution in [0.25, 0.3) is 0 Å². The van der Waals surface area contributed by atoms with E-state index in [9.17, 15) is 9.18 Å². The van der Waals surface area contributed by atoms with E-state index in [2.05, 4.69) is 10.2 Å². The standard InChI is InChI=1S/C21H25FN2O3/c1-26-19-8-7-17(22)13-16(19)14-24-11-9-15(10-12-24)21(25)23-18-5-3-4-6-20(18)27-2/h3-8,13,15H,9-12,14H2,1-2H3,(H,23,25). The predicted octanol–water partition coefficient (Wildman–Crippen LogP) is 3.69. The summed E-state index contributed by atoms with van der Waals surface area (Å²) >= 11 is 0. The van der Waals surface area contributed by atoms with Crippen LogP contribution in [0.15, 0.2) is 42.5 Å². The van der Waals surface area contributed by atoms with Crippen LogP contribution >= 0.6 is 0 Å². The van der Waals surface area contributed by atoms with Crippen molar-refractivity contribution in [2.24, 2.45) is 5.92 Å². The summed E-state index contributed by atoms with van der Waals surface area (Å²) in [6, 6.07) is 12.0. The number of anilines is 1. The van der Waals surface area contributed by atoms with Crippen LogP contribution in [-0.2, 0) is 11.3 Å². The van der Waals surface area contributed by atoms with E-state index in [4.69, 9.17) is 9.47 Å². The summed E-state index contributed by atoms with van der Waals surface area (Å²) in [4.78, 5) is 14.8. The van der Waals surface area contributed by atoms with Gasteiger partial charge in [0.25, 0.3) is 0 Å². The molecular weight excluding hydrogens is 347 g/mol. The van der Waals surface area contributed by atoms with Gasteiger partial charge in [-0.1, -0.05) is 12.1 Å². The SMILES string of the molecule is COc1ccc(F)cc1CN1CCC(C(=O)Nc2ccccc2OC)CC1. The van der Waals surface area contributed by atoms with Crippen LogP contribution < -0.4 is 14.8 Å². The number of carbonyl (C=O) groups is 1. The van der Waals surface area contributed by atoms with Crippen molar-refractivity contribution in [3.63, 3.8) is 0 Å². The molecule has 0 unspecified atom stereocenters. The van der Waals surface area contributed by atoms with Crippen molar-refractivity contribution in [2.75, 3.05) is 32.6 Å². The third kappa shape index (κ3) is 4.77. The lowest BCUT2D eigenvalue weighted by Gasteiger charge is -2.31. The first-order valence-electron chi connectivity index (χ1n) is 9.09. The third-order valence-corrected chi connectivity index (χ3v) is 4.96. The normalized spacial score (nSPS) is 15.4. The lowest BCUT2D eigenvalue weighted by Crippen LogP contribution is -2.37. The van der Waals surface area contributed by atoms with Crippen LogP contribution in [-0.4, -0.2) is 38.1 Å². The van der Waals surface area contributed by atoms with Gasteiger partial charge >= 0.3 is 0 Å². The second-order valence-electron chi connectivity index (χ2n) is 6.70. The van der Waals surface area contributed by atoms with Crippen LogP contribution in [0.4, 0.5) is 10.1 Å². The second kappa shape index (κ2) is 8.86. The smallest absolute Gasteiger partial charge is 0.227 e. The number of hydrogen-bond donors (Lipinski definition) is 1. The van der Waals surface area contributed by atoms with Gasteiger partial charge < -0.3 is 14.8 Å². The molecule has 0 atom stereocenters. The van der Waals surface area contributed by atoms with Gasteiger partial charge in [-0.2, -0.15) is 0 Å². The molecule has 0 bridgehead atoms. The van der Waals surface area contributed by atoms with Crippen molar-refractivity contribution < 1.29 is 18.7 Å². The number of nitrogens with zero attached hydrogens (tertiary/aromatic N) is 1. The van der Waals surface area contributed by atoms with Crippen molar-refractivity contribution >= 4 is 11.6 Å². The Kier molecular flexibility index (Phi) is 6.29. The van der Waals surface area contributed by atoms with Crippen molar-refractivity contribution in [1.29, 1.82) is 0 Å². The van der Waals surface area contributed by atoms with Gasteiger partial charge in [0, 0.05) is 18.0 Å². The maximum Gasteiger partial charge on any atom is 0.227 e. The topological polar surface area (TPSA) is 50.8 Å². The number of para-hydroxylation sites is 2. The highest BCUT2D eigenvalue weighted by Gasteiger charge is 2.26. The highest BCUT2D eigenvalue weighted by Crippen LogP contribution is 2.27. The monoisotopic (exact) mass is 372 g/mol. The van der Waals surface area contributed by atoms with Gasteiger partial charge in [0.15, 0.2) is 0 Å². The summed E-state index contributed by atoms with van der Waals surface area (Å²) in [7, 11) is 3.18. The number of benzene rings is 2. The number of piperidine rings is 1. The average molecular weight is 372 g/mol. The molecule has 0 radical (unpaired) electrons. The van der Waals surface area contributed by atoms with E-state index in [1.54, 1.807) is 20.3 Å². The second-order valence-corrected chi connectivity index (χ2v) is 6.70. The number of methoxy groups -OCH3 is 2. The first-order valence-corrected chi connectivity index (χ1v) is 9.09. The Balaban J connectivity index is 1.56. The lowest BCUT2D eigenvalue weighted by molar-refractivity contribution is -0.121. The molecule has 1 amide bonds. The quantitative estimate of drug-likeness (QED) is 0.840. The summed E-state index contributed by atoms with van der Waals surface area (Å²) in [5.74, 6) is 1.05. The number of nitrogens with one attached hydrogen (secondary N) is 1. The molecule has 1 N–H and O–H groups in total. The van der Waals surface area contributed by atoms with Crippen LogP contribution in [0.5, 0.6) is 11.5 Å². The molecule has 5 nitrogen and oxygen atoms in total. The summed E-state index contributed by atoms with van der Waals surface area (Å²) in [5, 5.41) is 2.97. The van der Waals surface area contributed by atoms with E-state index in [0.29, 0.717) is 23.7 Å². The Morgan fingerprint density at radius 1 is 1.11 bits per heavy atom. The minimum Gasteiger partial charge on any atom is -0.496 e. The zero-order valence-corrected chi connectivity index (χ0v) is 15.7. The summed E-state index contributed by atoms with van der Waals surface area (Å²) < 4.78 is 24.1. The first kappa shape index (κ1) is 19.2. The van der Waals surface area contributed by atoms with Gasteiger partial charge in [0.1, 0.15) is 17.3 Å². The third-order valence-electron chi connectivity index (χ3n) is 4.96. The van der Waals surface area contributed by atoms with Crippen LogP contribution in [0, 0.1) is 11.7 Å². The minimum atomic E-state index is -0.267. The van der Waals surface area contributed by atoms with Crippen LogP contribution in [0.1, 0.15) is 18.4 Å². The molecule has 1 heterocycles. The fourth-order valence-electron chi connectivity index (χ4n) is 3.45. The highest BCUT2D eigenvalue weighted by atomic mass is 19.1. The van der Waals surface area contributed by atoms with Crippen molar-refractivity contribution in [2.45, 2.75) is 19.4 Å². The average Bonchev–Trinajstić information content (AvgIpc) is 2.69. The number of halogens is 1. The molecule has 1 aliphatic heterocycles. The lowest BCUT2D eigenvalue weighted by atomic mass is 9.95. The fraction of sp³-hybridized carbons (Fsp3) is 0.381. The molecule has 144 valence electrons. The Hall–Kier alpha value is -2.60. The van der Waals surface area contributed by atoms with Crippen LogP contribution in [0.2, 0.25) is 0 Å². The zero-order valence-electron chi connectivity index (χ0n) is 15.7. The van der Waals surface area contributed by atoms with Gasteiger partial charge in [-0.3, -0.25) is 9.69 Å². The van der Waals surface area contributed by atoms with Crippen molar-refractivity contribution in [3.05, 3.63) is 53.8 Å². The maximum atomic E-state index is 13.5. The molecule has 0 spiro atoms. The van der Waals surface area contributed by atoms with E-state index in [0.717, 1.165) is 31.5 Å². The number of ether oxygens (including phenoxy) is 2. The molecule has 27 heavy (non-hydrogen) atoms. The van der Waals surface area contributed by atoms with Crippen molar-refractivity contribution in [3.8, 4) is 11.5 Å². The number of rotatable bonds is 6. The summed E-state index contributed by atoms with van der Waals surface area (Å²) in [6.07, 6.45) is 1.53. The van der Waals surface area contributed by atoms with E-state index < -0.39 is 0 Å². The Bertz CT molecular complexity index is 789. The number of amides is 1. The predicted molar refractivity (Wildman–Crippen MR) is 103 cm³/mol. The molecule has 1 fully saturated rings. The largest absolute Gasteiger partial charge is 0.496 e. The molecule has 3 rings (SSSR count). The summed E-state index contributed by atoms with van der Waals surface area (Å²) in [5.41, 5.74) is 1.52. The molecule has 0 aliphatic carbocycles. The summed E-state index contributed by atoms with van der Waals surface area (Å²) in [6.45, 7) is 2.18. The number of hydrogen-bond acceptors (Lipinski definition) is 4. The minimum absolute atomic E-state index is 0.0162. The molecule has 2 aromatic rings. The van der Waals surface area contributed by atoms with E-state index in [1.165, 1.54) is 12.1 Å². The number of likely N-dealkylation sites (tertiary alicyclic amines) is 1. The van der Waals surface area contributed by atoms with Crippen molar-refractivity contribution in [1.82, 2.24) is 4.90 Å². The van der Waals surface area contributed by atoms with Gasteiger partial charge in [0.05, 0.1) is 19.9 Å². The van der Waals surface area contributed by atoms with Gasteiger partial charge in [-0.15, -0.1) is 0 Å². The molecule has 1 aliphatic rings. The molecule has 2 aromatic carbocycles. The van der Waals surface area contributed by atoms with Gasteiger partial charge in [-0.05, 0) is 56.3 Å².